The number of hydrogen-bond acceptors (Lipinski definition) is 9. The van der Waals surface area contributed by atoms with Crippen LogP contribution in [-0.4, -0.2) is 58.6 Å². The van der Waals surface area contributed by atoms with Crippen molar-refractivity contribution < 1.29 is 9.53 Å². The van der Waals surface area contributed by atoms with Crippen molar-refractivity contribution in [3.05, 3.63) is 58.2 Å². The Kier molecular flexibility index (Phi) is 6.34. The maximum absolute atomic E-state index is 12.3. The lowest BCUT2D eigenvalue weighted by molar-refractivity contribution is 0.0531. The number of hydrogen-bond donors (Lipinski definition) is 0. The van der Waals surface area contributed by atoms with Gasteiger partial charge in [-0.25, -0.2) is 19.7 Å². The molecule has 0 aliphatic carbocycles. The van der Waals surface area contributed by atoms with Crippen molar-refractivity contribution in [2.24, 2.45) is 0 Å². The second-order valence-corrected chi connectivity index (χ2v) is 9.78. The van der Waals surface area contributed by atoms with Crippen LogP contribution in [0, 0.1) is 6.92 Å². The number of aromatic nitrogens is 3. The van der Waals surface area contributed by atoms with Gasteiger partial charge in [-0.15, -0.1) is 22.7 Å². The van der Waals surface area contributed by atoms with E-state index in [4.69, 9.17) is 9.72 Å². The number of thiophene rings is 1. The van der Waals surface area contributed by atoms with Gasteiger partial charge in [-0.2, -0.15) is 0 Å². The van der Waals surface area contributed by atoms with Gasteiger partial charge in [-0.05, 0) is 19.4 Å². The van der Waals surface area contributed by atoms with Crippen LogP contribution in [-0.2, 0) is 11.3 Å². The summed E-state index contributed by atoms with van der Waals surface area (Å²) >= 11 is 3.08. The molecule has 1 saturated heterocycles. The Bertz CT molecular complexity index is 1260. The SMILES string of the molecule is CCOC(=O)c1sc2ncnc(N3CCN(Cc4csc(-c5ccccc5)n4)CC3)c2c1C. The zero-order valence-electron chi connectivity index (χ0n) is 18.7. The molecule has 0 spiro atoms. The minimum Gasteiger partial charge on any atom is -0.462 e. The van der Waals surface area contributed by atoms with E-state index in [-0.39, 0.29) is 5.97 Å². The third-order valence-electron chi connectivity index (χ3n) is 5.80. The monoisotopic (exact) mass is 479 g/mol. The molecule has 1 aliphatic heterocycles. The van der Waals surface area contributed by atoms with Gasteiger partial charge in [0.15, 0.2) is 0 Å². The van der Waals surface area contributed by atoms with Crippen molar-refractivity contribution in [1.29, 1.82) is 0 Å². The molecule has 0 unspecified atom stereocenters. The van der Waals surface area contributed by atoms with E-state index in [1.807, 2.05) is 32.0 Å². The van der Waals surface area contributed by atoms with Crippen molar-refractivity contribution in [2.75, 3.05) is 37.7 Å². The highest BCUT2D eigenvalue weighted by molar-refractivity contribution is 7.20. The normalized spacial score (nSPS) is 14.7. The molecule has 3 aromatic heterocycles. The van der Waals surface area contributed by atoms with Crippen LogP contribution in [0.2, 0.25) is 0 Å². The minimum absolute atomic E-state index is 0.285. The first-order valence-corrected chi connectivity index (χ1v) is 12.7. The van der Waals surface area contributed by atoms with Crippen LogP contribution in [0.3, 0.4) is 0 Å². The second kappa shape index (κ2) is 9.54. The predicted octanol–water partition coefficient (Wildman–Crippen LogP) is 4.62. The average molecular weight is 480 g/mol. The number of thiazole rings is 1. The quantitative estimate of drug-likeness (QED) is 0.374. The van der Waals surface area contributed by atoms with Crippen molar-refractivity contribution in [3.8, 4) is 10.6 Å². The number of esters is 1. The fourth-order valence-electron chi connectivity index (χ4n) is 4.12. The van der Waals surface area contributed by atoms with E-state index in [1.165, 1.54) is 16.9 Å². The van der Waals surface area contributed by atoms with E-state index in [2.05, 4.69) is 37.3 Å². The largest absolute Gasteiger partial charge is 0.462 e. The molecule has 0 atom stereocenters. The summed E-state index contributed by atoms with van der Waals surface area (Å²) in [6.07, 6.45) is 1.59. The molecule has 9 heteroatoms. The Morgan fingerprint density at radius 1 is 1.12 bits per heavy atom. The predicted molar refractivity (Wildman–Crippen MR) is 133 cm³/mol. The summed E-state index contributed by atoms with van der Waals surface area (Å²) < 4.78 is 5.22. The fourth-order valence-corrected chi connectivity index (χ4v) is 5.98. The highest BCUT2D eigenvalue weighted by Gasteiger charge is 2.25. The molecule has 0 saturated carbocycles. The summed E-state index contributed by atoms with van der Waals surface area (Å²) in [5.74, 6) is 0.621. The summed E-state index contributed by atoms with van der Waals surface area (Å²) in [6.45, 7) is 8.58. The number of carbonyl (C=O) groups excluding carboxylic acids is 1. The standard InChI is InChI=1S/C24H25N5O2S2/c1-3-31-24(30)20-16(2)19-21(25-15-26-23(19)33-20)29-11-9-28(10-12-29)13-18-14-32-22(27-18)17-7-5-4-6-8-17/h4-8,14-15H,3,9-13H2,1-2H3. The third kappa shape index (κ3) is 4.48. The van der Waals surface area contributed by atoms with Gasteiger partial charge in [0, 0.05) is 43.7 Å². The first-order valence-electron chi connectivity index (χ1n) is 11.0. The van der Waals surface area contributed by atoms with E-state index >= 15 is 0 Å². The molecule has 0 radical (unpaired) electrons. The highest BCUT2D eigenvalue weighted by atomic mass is 32.1. The first kappa shape index (κ1) is 21.9. The molecule has 0 N–H and O–H groups in total. The Morgan fingerprint density at radius 3 is 2.67 bits per heavy atom. The summed E-state index contributed by atoms with van der Waals surface area (Å²) in [4.78, 5) is 32.4. The maximum Gasteiger partial charge on any atom is 0.348 e. The topological polar surface area (TPSA) is 71.5 Å². The zero-order chi connectivity index (χ0) is 22.8. The molecule has 1 aliphatic rings. The van der Waals surface area contributed by atoms with Gasteiger partial charge in [0.2, 0.25) is 0 Å². The van der Waals surface area contributed by atoms with Gasteiger partial charge in [0.25, 0.3) is 0 Å². The van der Waals surface area contributed by atoms with Crippen LogP contribution < -0.4 is 4.90 Å². The van der Waals surface area contributed by atoms with Crippen molar-refractivity contribution in [1.82, 2.24) is 19.9 Å². The van der Waals surface area contributed by atoms with Crippen LogP contribution >= 0.6 is 22.7 Å². The van der Waals surface area contributed by atoms with Crippen molar-refractivity contribution in [3.63, 3.8) is 0 Å². The molecule has 7 nitrogen and oxygen atoms in total. The summed E-state index contributed by atoms with van der Waals surface area (Å²) in [7, 11) is 0. The Balaban J connectivity index is 1.28. The van der Waals surface area contributed by atoms with Crippen LogP contribution in [0.15, 0.2) is 42.0 Å². The van der Waals surface area contributed by atoms with Crippen LogP contribution in [0.1, 0.15) is 27.9 Å². The number of aryl methyl sites for hydroxylation is 1. The van der Waals surface area contributed by atoms with E-state index in [9.17, 15) is 4.79 Å². The molecule has 5 rings (SSSR count). The number of fused-ring (bicyclic) bond motifs is 1. The van der Waals surface area contributed by atoms with E-state index < -0.39 is 0 Å². The number of rotatable bonds is 6. The summed E-state index contributed by atoms with van der Waals surface area (Å²) in [6, 6.07) is 10.3. The molecule has 1 aromatic carbocycles. The molecule has 1 fully saturated rings. The number of carbonyl (C=O) groups is 1. The highest BCUT2D eigenvalue weighted by Crippen LogP contribution is 2.35. The van der Waals surface area contributed by atoms with Gasteiger partial charge in [0.05, 0.1) is 17.7 Å². The molecule has 4 aromatic rings. The third-order valence-corrected chi connectivity index (χ3v) is 7.92. The van der Waals surface area contributed by atoms with Gasteiger partial charge < -0.3 is 9.64 Å². The molecule has 33 heavy (non-hydrogen) atoms. The second-order valence-electron chi connectivity index (χ2n) is 7.93. The lowest BCUT2D eigenvalue weighted by Crippen LogP contribution is -2.46. The molecule has 170 valence electrons. The number of nitrogens with zero attached hydrogens (tertiary/aromatic N) is 5. The number of anilines is 1. The maximum atomic E-state index is 12.3. The van der Waals surface area contributed by atoms with Gasteiger partial charge in [-0.3, -0.25) is 4.90 Å². The van der Waals surface area contributed by atoms with Crippen molar-refractivity contribution >= 4 is 44.7 Å². The van der Waals surface area contributed by atoms with E-state index in [0.29, 0.717) is 11.5 Å². The first-order chi connectivity index (χ1) is 16.1. The van der Waals surface area contributed by atoms with Crippen LogP contribution in [0.4, 0.5) is 5.82 Å². The van der Waals surface area contributed by atoms with E-state index in [1.54, 1.807) is 17.7 Å². The van der Waals surface area contributed by atoms with Gasteiger partial charge >= 0.3 is 5.97 Å². The smallest absolute Gasteiger partial charge is 0.348 e. The number of piperazine rings is 1. The number of benzene rings is 1. The Labute approximate surface area is 200 Å². The molecule has 0 amide bonds. The zero-order valence-corrected chi connectivity index (χ0v) is 20.3. The minimum atomic E-state index is -0.285. The molecule has 0 bridgehead atoms. The Morgan fingerprint density at radius 2 is 1.91 bits per heavy atom. The van der Waals surface area contributed by atoms with Crippen molar-refractivity contribution in [2.45, 2.75) is 20.4 Å². The Hall–Kier alpha value is -2.88. The van der Waals surface area contributed by atoms with Crippen LogP contribution in [0.5, 0.6) is 0 Å². The summed E-state index contributed by atoms with van der Waals surface area (Å²) in [5.41, 5.74) is 3.19. The lowest BCUT2D eigenvalue weighted by atomic mass is 10.2. The van der Waals surface area contributed by atoms with Gasteiger partial charge in [0.1, 0.15) is 26.9 Å². The van der Waals surface area contributed by atoms with Gasteiger partial charge in [-0.1, -0.05) is 30.3 Å². The fraction of sp³-hybridized carbons (Fsp3) is 0.333. The molecular formula is C24H25N5O2S2. The van der Waals surface area contributed by atoms with E-state index in [0.717, 1.165) is 65.0 Å². The lowest BCUT2D eigenvalue weighted by Gasteiger charge is -2.35. The molecule has 4 heterocycles. The average Bonchev–Trinajstić information content (AvgIpc) is 3.45. The van der Waals surface area contributed by atoms with Crippen LogP contribution in [0.25, 0.3) is 20.8 Å². The molecular weight excluding hydrogens is 454 g/mol. The summed E-state index contributed by atoms with van der Waals surface area (Å²) in [5, 5.41) is 4.19. The number of ether oxygens (including phenoxy) is 1.